The van der Waals surface area contributed by atoms with Gasteiger partial charge in [0.1, 0.15) is 0 Å². The van der Waals surface area contributed by atoms with E-state index in [4.69, 9.17) is 14.0 Å². The van der Waals surface area contributed by atoms with Crippen molar-refractivity contribution in [3.63, 3.8) is 0 Å². The Morgan fingerprint density at radius 1 is 1.13 bits per heavy atom. The van der Waals surface area contributed by atoms with Gasteiger partial charge in [0.25, 0.3) is 11.8 Å². The van der Waals surface area contributed by atoms with Gasteiger partial charge in [-0.15, -0.1) is 0 Å². The van der Waals surface area contributed by atoms with Crippen LogP contribution in [0.5, 0.6) is 11.5 Å². The van der Waals surface area contributed by atoms with Gasteiger partial charge in [-0.2, -0.15) is 4.98 Å². The summed E-state index contributed by atoms with van der Waals surface area (Å²) in [7, 11) is 1.47. The fraction of sp³-hybridized carbons (Fsp3) is 0.545. The summed E-state index contributed by atoms with van der Waals surface area (Å²) in [6.45, 7) is 13.1. The first-order chi connectivity index (χ1) is 14.3. The van der Waals surface area contributed by atoms with E-state index in [2.05, 4.69) is 20.8 Å². The maximum absolute atomic E-state index is 12.8. The fourth-order valence-electron chi connectivity index (χ4n) is 2.63. The highest BCUT2D eigenvalue weighted by atomic mass is 16.5. The molecule has 2 amide bonds. The van der Waals surface area contributed by atoms with Crippen molar-refractivity contribution in [2.75, 3.05) is 13.7 Å². The van der Waals surface area contributed by atoms with Crippen LogP contribution in [0, 0.1) is 0 Å². The molecule has 0 unspecified atom stereocenters. The smallest absolute Gasteiger partial charge is 0.258 e. The molecule has 0 aliphatic rings. The van der Waals surface area contributed by atoms with Crippen molar-refractivity contribution < 1.29 is 23.6 Å². The lowest BCUT2D eigenvalue weighted by molar-refractivity contribution is -0.123. The molecule has 31 heavy (non-hydrogen) atoms. The average molecular weight is 433 g/mol. The van der Waals surface area contributed by atoms with Crippen molar-refractivity contribution in [3.05, 3.63) is 35.5 Å². The SMILES string of the molecule is COc1cc(C(=O)NC(C)(C)c2noc(C(C)(C)C)n2)ccc1OCC(=O)NC(C)C. The third kappa shape index (κ3) is 6.44. The van der Waals surface area contributed by atoms with Crippen molar-refractivity contribution >= 4 is 11.8 Å². The normalized spacial score (nSPS) is 11.9. The summed E-state index contributed by atoms with van der Waals surface area (Å²) in [5.74, 6) is 1.01. The Bertz CT molecular complexity index is 928. The third-order valence-corrected chi connectivity index (χ3v) is 4.29. The van der Waals surface area contributed by atoms with Gasteiger partial charge in [-0.1, -0.05) is 25.9 Å². The van der Waals surface area contributed by atoms with Crippen molar-refractivity contribution in [3.8, 4) is 11.5 Å². The molecule has 170 valence electrons. The highest BCUT2D eigenvalue weighted by Crippen LogP contribution is 2.29. The van der Waals surface area contributed by atoms with Crippen LogP contribution in [-0.2, 0) is 15.7 Å². The van der Waals surface area contributed by atoms with E-state index in [1.165, 1.54) is 7.11 Å². The number of benzene rings is 1. The highest BCUT2D eigenvalue weighted by Gasteiger charge is 2.32. The van der Waals surface area contributed by atoms with Gasteiger partial charge >= 0.3 is 0 Å². The van der Waals surface area contributed by atoms with Gasteiger partial charge in [-0.05, 0) is 45.9 Å². The highest BCUT2D eigenvalue weighted by molar-refractivity contribution is 5.95. The van der Waals surface area contributed by atoms with Gasteiger partial charge in [0.05, 0.1) is 12.6 Å². The van der Waals surface area contributed by atoms with Crippen LogP contribution in [0.4, 0.5) is 0 Å². The van der Waals surface area contributed by atoms with Gasteiger partial charge in [0.2, 0.25) is 5.89 Å². The second-order valence-corrected chi connectivity index (χ2v) is 9.13. The molecule has 0 bridgehead atoms. The molecule has 0 fully saturated rings. The maximum Gasteiger partial charge on any atom is 0.258 e. The molecular formula is C22H32N4O5. The molecule has 0 aliphatic carbocycles. The average Bonchev–Trinajstić information content (AvgIpc) is 3.17. The predicted octanol–water partition coefficient (Wildman–Crippen LogP) is 2.94. The molecule has 0 atom stereocenters. The minimum atomic E-state index is -0.860. The minimum Gasteiger partial charge on any atom is -0.493 e. The van der Waals surface area contributed by atoms with E-state index in [0.29, 0.717) is 28.8 Å². The molecule has 0 saturated carbocycles. The standard InChI is InChI=1S/C22H32N4O5/c1-13(2)23-17(27)12-30-15-10-9-14(11-16(15)29-8)18(28)25-22(6,7)19-24-20(31-26-19)21(3,4)5/h9-11,13H,12H2,1-8H3,(H,23,27)(H,25,28). The second-order valence-electron chi connectivity index (χ2n) is 9.13. The number of hydrogen-bond donors (Lipinski definition) is 2. The van der Waals surface area contributed by atoms with Gasteiger partial charge < -0.3 is 24.6 Å². The Morgan fingerprint density at radius 2 is 1.81 bits per heavy atom. The summed E-state index contributed by atoms with van der Waals surface area (Å²) in [4.78, 5) is 29.1. The van der Waals surface area contributed by atoms with E-state index in [1.807, 2.05) is 34.6 Å². The van der Waals surface area contributed by atoms with Crippen LogP contribution in [0.3, 0.4) is 0 Å². The van der Waals surface area contributed by atoms with Crippen molar-refractivity contribution in [1.82, 2.24) is 20.8 Å². The van der Waals surface area contributed by atoms with Gasteiger partial charge in [-0.3, -0.25) is 9.59 Å². The number of rotatable bonds is 8. The minimum absolute atomic E-state index is 0.0195. The van der Waals surface area contributed by atoms with Crippen molar-refractivity contribution in [2.45, 2.75) is 65.5 Å². The number of carbonyl (C=O) groups excluding carboxylic acids is 2. The zero-order valence-electron chi connectivity index (χ0n) is 19.5. The summed E-state index contributed by atoms with van der Waals surface area (Å²) in [5.41, 5.74) is -0.786. The lowest BCUT2D eigenvalue weighted by Gasteiger charge is -2.23. The maximum atomic E-state index is 12.8. The molecule has 1 heterocycles. The summed E-state index contributed by atoms with van der Waals surface area (Å²) in [6, 6.07) is 4.76. The van der Waals surface area contributed by atoms with E-state index < -0.39 is 5.54 Å². The quantitative estimate of drug-likeness (QED) is 0.659. The van der Waals surface area contributed by atoms with Gasteiger partial charge in [0.15, 0.2) is 23.9 Å². The number of aromatic nitrogens is 2. The van der Waals surface area contributed by atoms with Crippen molar-refractivity contribution in [2.24, 2.45) is 0 Å². The number of ether oxygens (including phenoxy) is 2. The number of carbonyl (C=O) groups is 2. The van der Waals surface area contributed by atoms with Crippen LogP contribution in [0.25, 0.3) is 0 Å². The molecule has 0 saturated heterocycles. The topological polar surface area (TPSA) is 116 Å². The molecular weight excluding hydrogens is 400 g/mol. The Kier molecular flexibility index (Phi) is 7.30. The van der Waals surface area contributed by atoms with Gasteiger partial charge in [0, 0.05) is 17.0 Å². The number of amides is 2. The van der Waals surface area contributed by atoms with E-state index >= 15 is 0 Å². The van der Waals surface area contributed by atoms with Crippen LogP contribution < -0.4 is 20.1 Å². The predicted molar refractivity (Wildman–Crippen MR) is 115 cm³/mol. The Labute approximate surface area is 182 Å². The number of nitrogens with one attached hydrogen (secondary N) is 2. The Morgan fingerprint density at radius 3 is 2.35 bits per heavy atom. The molecule has 1 aromatic carbocycles. The summed E-state index contributed by atoms with van der Waals surface area (Å²) in [6.07, 6.45) is 0. The number of methoxy groups -OCH3 is 1. The summed E-state index contributed by atoms with van der Waals surface area (Å²) >= 11 is 0. The second kappa shape index (κ2) is 9.36. The molecule has 0 radical (unpaired) electrons. The molecule has 9 nitrogen and oxygen atoms in total. The molecule has 9 heteroatoms. The van der Waals surface area contributed by atoms with Gasteiger partial charge in [-0.25, -0.2) is 0 Å². The lowest BCUT2D eigenvalue weighted by atomic mass is 9.96. The molecule has 2 N–H and O–H groups in total. The first-order valence-electron chi connectivity index (χ1n) is 10.1. The largest absolute Gasteiger partial charge is 0.493 e. The molecule has 1 aromatic heterocycles. The number of nitrogens with zero attached hydrogens (tertiary/aromatic N) is 2. The summed E-state index contributed by atoms with van der Waals surface area (Å²) < 4.78 is 16.2. The Hall–Kier alpha value is -3.10. The van der Waals surface area contributed by atoms with Crippen LogP contribution >= 0.6 is 0 Å². The van der Waals surface area contributed by atoms with Crippen LogP contribution in [0.15, 0.2) is 22.7 Å². The molecule has 0 spiro atoms. The first-order valence-corrected chi connectivity index (χ1v) is 10.1. The van der Waals surface area contributed by atoms with Crippen molar-refractivity contribution in [1.29, 1.82) is 0 Å². The van der Waals surface area contributed by atoms with E-state index in [-0.39, 0.29) is 29.9 Å². The fourth-order valence-corrected chi connectivity index (χ4v) is 2.63. The van der Waals surface area contributed by atoms with E-state index in [1.54, 1.807) is 32.0 Å². The van der Waals surface area contributed by atoms with Crippen LogP contribution in [0.2, 0.25) is 0 Å². The number of hydrogen-bond acceptors (Lipinski definition) is 7. The monoisotopic (exact) mass is 432 g/mol. The molecule has 2 aromatic rings. The third-order valence-electron chi connectivity index (χ3n) is 4.29. The van der Waals surface area contributed by atoms with Crippen LogP contribution in [-0.4, -0.2) is 41.7 Å². The first kappa shape index (κ1) is 24.2. The molecule has 2 rings (SSSR count). The molecule has 0 aliphatic heterocycles. The van der Waals surface area contributed by atoms with E-state index in [0.717, 1.165) is 0 Å². The Balaban J connectivity index is 2.12. The van der Waals surface area contributed by atoms with Crippen LogP contribution in [0.1, 0.15) is 70.5 Å². The lowest BCUT2D eigenvalue weighted by Crippen LogP contribution is -2.42. The zero-order valence-corrected chi connectivity index (χ0v) is 19.5. The van der Waals surface area contributed by atoms with E-state index in [9.17, 15) is 9.59 Å². The zero-order chi connectivity index (χ0) is 23.4. The summed E-state index contributed by atoms with van der Waals surface area (Å²) in [5, 5.41) is 9.68.